The van der Waals surface area contributed by atoms with E-state index in [9.17, 15) is 5.11 Å². The van der Waals surface area contributed by atoms with E-state index in [1.165, 1.54) is 25.8 Å². The highest BCUT2D eigenvalue weighted by molar-refractivity contribution is 4.83. The number of aliphatic hydroxyl groups is 1. The fourth-order valence-corrected chi connectivity index (χ4v) is 2.51. The molecule has 1 aliphatic heterocycles. The summed E-state index contributed by atoms with van der Waals surface area (Å²) in [6.45, 7) is 7.81. The van der Waals surface area contributed by atoms with E-state index in [4.69, 9.17) is 0 Å². The molecule has 0 radical (unpaired) electrons. The van der Waals surface area contributed by atoms with Gasteiger partial charge in [0.25, 0.3) is 0 Å². The minimum atomic E-state index is -0.348. The Bertz CT molecular complexity index is 172. The number of hydrogen-bond acceptors (Lipinski definition) is 2. The second-order valence-corrected chi connectivity index (χ2v) is 4.97. The molecular weight excluding hydrogens is 186 g/mol. The van der Waals surface area contributed by atoms with E-state index in [1.807, 2.05) is 0 Å². The van der Waals surface area contributed by atoms with E-state index >= 15 is 0 Å². The van der Waals surface area contributed by atoms with Crippen LogP contribution in [-0.2, 0) is 0 Å². The van der Waals surface area contributed by atoms with Crippen LogP contribution in [0.2, 0.25) is 0 Å². The van der Waals surface area contributed by atoms with Crippen LogP contribution in [0.4, 0.5) is 0 Å². The first-order chi connectivity index (χ1) is 7.20. The summed E-state index contributed by atoms with van der Waals surface area (Å²) in [5.74, 6) is 0. The zero-order chi connectivity index (χ0) is 11.1. The molecule has 0 aromatic heterocycles. The van der Waals surface area contributed by atoms with Crippen molar-refractivity contribution in [2.75, 3.05) is 19.6 Å². The number of nitrogens with zero attached hydrogens (tertiary/aromatic N) is 1. The summed E-state index contributed by atoms with van der Waals surface area (Å²) in [4.78, 5) is 2.46. The second kappa shape index (κ2) is 6.49. The van der Waals surface area contributed by atoms with Crippen molar-refractivity contribution in [3.8, 4) is 0 Å². The van der Waals surface area contributed by atoms with E-state index < -0.39 is 0 Å². The van der Waals surface area contributed by atoms with Gasteiger partial charge in [-0.15, -0.1) is 0 Å². The molecule has 90 valence electrons. The molecule has 0 aromatic rings. The van der Waals surface area contributed by atoms with Crippen LogP contribution in [0.1, 0.15) is 58.8 Å². The average Bonchev–Trinajstić information content (AvgIpc) is 2.41. The third-order valence-corrected chi connectivity index (χ3v) is 3.70. The molecule has 1 aliphatic rings. The summed E-state index contributed by atoms with van der Waals surface area (Å²) in [7, 11) is 0. The topological polar surface area (TPSA) is 23.5 Å². The lowest BCUT2D eigenvalue weighted by Crippen LogP contribution is -2.31. The van der Waals surface area contributed by atoms with E-state index in [-0.39, 0.29) is 5.60 Å². The van der Waals surface area contributed by atoms with Crippen molar-refractivity contribution in [3.05, 3.63) is 0 Å². The lowest BCUT2D eigenvalue weighted by atomic mass is 9.89. The van der Waals surface area contributed by atoms with E-state index in [0.717, 1.165) is 38.8 Å². The van der Waals surface area contributed by atoms with Crippen LogP contribution in [0.15, 0.2) is 0 Å². The maximum absolute atomic E-state index is 10.5. The van der Waals surface area contributed by atoms with Crippen LogP contribution < -0.4 is 0 Å². The molecule has 0 bridgehead atoms. The zero-order valence-electron chi connectivity index (χ0n) is 10.5. The highest BCUT2D eigenvalue weighted by atomic mass is 16.3. The predicted octanol–water partition coefficient (Wildman–Crippen LogP) is 2.80. The average molecular weight is 213 g/mol. The molecule has 2 heteroatoms. The molecule has 0 amide bonds. The molecule has 1 rings (SSSR count). The quantitative estimate of drug-likeness (QED) is 0.710. The van der Waals surface area contributed by atoms with Gasteiger partial charge in [0.05, 0.1) is 5.60 Å². The maximum atomic E-state index is 10.5. The Morgan fingerprint density at radius 1 is 1.13 bits per heavy atom. The van der Waals surface area contributed by atoms with Crippen molar-refractivity contribution in [2.45, 2.75) is 64.4 Å². The Morgan fingerprint density at radius 2 is 1.93 bits per heavy atom. The second-order valence-electron chi connectivity index (χ2n) is 4.97. The largest absolute Gasteiger partial charge is 0.390 e. The van der Waals surface area contributed by atoms with Crippen molar-refractivity contribution in [3.63, 3.8) is 0 Å². The van der Waals surface area contributed by atoms with Crippen LogP contribution in [0.5, 0.6) is 0 Å². The van der Waals surface area contributed by atoms with Crippen LogP contribution in [-0.4, -0.2) is 35.2 Å². The highest BCUT2D eigenvalue weighted by Gasteiger charge is 2.28. The first-order valence-electron chi connectivity index (χ1n) is 6.65. The molecule has 1 unspecified atom stereocenters. The van der Waals surface area contributed by atoms with Gasteiger partial charge in [-0.2, -0.15) is 0 Å². The number of unbranched alkanes of at least 4 members (excludes halogenated alkanes) is 2. The molecule has 2 nitrogen and oxygen atoms in total. The van der Waals surface area contributed by atoms with E-state index in [0.29, 0.717) is 0 Å². The van der Waals surface area contributed by atoms with Crippen molar-refractivity contribution in [2.24, 2.45) is 0 Å². The van der Waals surface area contributed by atoms with Gasteiger partial charge in [0, 0.05) is 6.54 Å². The molecule has 1 atom stereocenters. The molecule has 0 aliphatic carbocycles. The van der Waals surface area contributed by atoms with Gasteiger partial charge in [0.1, 0.15) is 0 Å². The smallest absolute Gasteiger partial charge is 0.0660 e. The first kappa shape index (κ1) is 13.0. The van der Waals surface area contributed by atoms with Crippen LogP contribution in [0.3, 0.4) is 0 Å². The fourth-order valence-electron chi connectivity index (χ4n) is 2.51. The van der Waals surface area contributed by atoms with E-state index in [1.54, 1.807) is 0 Å². The Labute approximate surface area is 94.7 Å². The van der Waals surface area contributed by atoms with Gasteiger partial charge >= 0.3 is 0 Å². The van der Waals surface area contributed by atoms with Gasteiger partial charge in [-0.05, 0) is 38.8 Å². The van der Waals surface area contributed by atoms with Crippen molar-refractivity contribution < 1.29 is 5.11 Å². The molecule has 0 aromatic carbocycles. The van der Waals surface area contributed by atoms with Crippen molar-refractivity contribution >= 4 is 0 Å². The summed E-state index contributed by atoms with van der Waals surface area (Å²) in [5.41, 5.74) is -0.348. The summed E-state index contributed by atoms with van der Waals surface area (Å²) in [6, 6.07) is 0. The van der Waals surface area contributed by atoms with Crippen molar-refractivity contribution in [1.82, 2.24) is 4.90 Å². The van der Waals surface area contributed by atoms with Gasteiger partial charge in [-0.25, -0.2) is 0 Å². The fraction of sp³-hybridized carbons (Fsp3) is 1.00. The highest BCUT2D eigenvalue weighted by Crippen LogP contribution is 2.27. The van der Waals surface area contributed by atoms with Crippen LogP contribution >= 0.6 is 0 Å². The van der Waals surface area contributed by atoms with E-state index in [2.05, 4.69) is 18.7 Å². The van der Waals surface area contributed by atoms with Gasteiger partial charge in [-0.1, -0.05) is 33.1 Å². The molecule has 0 spiro atoms. The minimum Gasteiger partial charge on any atom is -0.390 e. The van der Waals surface area contributed by atoms with Gasteiger partial charge in [0.2, 0.25) is 0 Å². The van der Waals surface area contributed by atoms with Crippen LogP contribution in [0.25, 0.3) is 0 Å². The molecule has 1 N–H and O–H groups in total. The number of rotatable bonds is 5. The Morgan fingerprint density at radius 3 is 2.60 bits per heavy atom. The Balaban J connectivity index is 2.33. The molecule has 1 fully saturated rings. The lowest BCUT2D eigenvalue weighted by Gasteiger charge is -2.26. The molecule has 0 saturated carbocycles. The summed E-state index contributed by atoms with van der Waals surface area (Å²) in [5, 5.41) is 10.5. The third kappa shape index (κ3) is 4.52. The monoisotopic (exact) mass is 213 g/mol. The Hall–Kier alpha value is -0.0800. The SMILES string of the molecule is CCCCCC1(O)CCCN(CC)CC1. The van der Waals surface area contributed by atoms with Gasteiger partial charge in [-0.3, -0.25) is 0 Å². The Kier molecular flexibility index (Phi) is 5.62. The summed E-state index contributed by atoms with van der Waals surface area (Å²) < 4.78 is 0. The minimum absolute atomic E-state index is 0.348. The van der Waals surface area contributed by atoms with Gasteiger partial charge < -0.3 is 10.0 Å². The lowest BCUT2D eigenvalue weighted by molar-refractivity contribution is 0.0148. The first-order valence-corrected chi connectivity index (χ1v) is 6.65. The summed E-state index contributed by atoms with van der Waals surface area (Å²) >= 11 is 0. The number of hydrogen-bond donors (Lipinski definition) is 1. The normalized spacial score (nSPS) is 29.0. The standard InChI is InChI=1S/C13H27NO/c1-3-5-6-8-13(15)9-7-11-14(4-2)12-10-13/h15H,3-12H2,1-2H3. The van der Waals surface area contributed by atoms with Crippen molar-refractivity contribution in [1.29, 1.82) is 0 Å². The zero-order valence-corrected chi connectivity index (χ0v) is 10.5. The number of likely N-dealkylation sites (tertiary alicyclic amines) is 1. The maximum Gasteiger partial charge on any atom is 0.0660 e. The van der Waals surface area contributed by atoms with Crippen LogP contribution in [0, 0.1) is 0 Å². The predicted molar refractivity (Wildman–Crippen MR) is 65.1 cm³/mol. The molecule has 1 saturated heterocycles. The molecular formula is C13H27NO. The third-order valence-electron chi connectivity index (χ3n) is 3.70. The molecule has 1 heterocycles. The molecule has 15 heavy (non-hydrogen) atoms. The van der Waals surface area contributed by atoms with Gasteiger partial charge in [0.15, 0.2) is 0 Å². The summed E-state index contributed by atoms with van der Waals surface area (Å²) in [6.07, 6.45) is 7.86.